The number of methoxy groups -OCH3 is 1. The molecule has 6 nitrogen and oxygen atoms in total. The van der Waals surface area contributed by atoms with Crippen molar-refractivity contribution in [2.45, 2.75) is 51.7 Å². The minimum Gasteiger partial charge on any atom is -0.497 e. The molecule has 1 saturated carbocycles. The highest BCUT2D eigenvalue weighted by atomic mass is 19.4. The van der Waals surface area contributed by atoms with E-state index in [0.717, 1.165) is 5.56 Å². The van der Waals surface area contributed by atoms with Crippen molar-refractivity contribution in [1.29, 1.82) is 0 Å². The summed E-state index contributed by atoms with van der Waals surface area (Å²) in [5.74, 6) is -2.00. The highest BCUT2D eigenvalue weighted by molar-refractivity contribution is 6.15. The number of halogens is 3. The molecule has 0 aliphatic heterocycles. The molecule has 1 N–H and O–H groups in total. The molecule has 0 heterocycles. The first-order valence-corrected chi connectivity index (χ1v) is 11.3. The van der Waals surface area contributed by atoms with Crippen LogP contribution in [0, 0.1) is 12.8 Å². The van der Waals surface area contributed by atoms with E-state index in [-0.39, 0.29) is 42.6 Å². The van der Waals surface area contributed by atoms with Crippen LogP contribution in [0.25, 0.3) is 0 Å². The first-order chi connectivity index (χ1) is 16.5. The zero-order valence-corrected chi connectivity index (χ0v) is 19.8. The van der Waals surface area contributed by atoms with Crippen LogP contribution in [0.3, 0.4) is 0 Å². The van der Waals surface area contributed by atoms with E-state index >= 15 is 0 Å². The maximum Gasteiger partial charge on any atom is 0.422 e. The molecule has 2 atom stereocenters. The molecule has 0 aromatic heterocycles. The summed E-state index contributed by atoms with van der Waals surface area (Å²) in [6.07, 6.45) is -4.22. The number of Topliss-reactive ketones (excluding diaryl/α,β-unsaturated/α-hetero) is 2. The lowest BCUT2D eigenvalue weighted by Crippen LogP contribution is -2.27. The highest BCUT2D eigenvalue weighted by Crippen LogP contribution is 2.39. The van der Waals surface area contributed by atoms with Gasteiger partial charge in [0.25, 0.3) is 0 Å². The Bertz CT molecular complexity index is 1100. The van der Waals surface area contributed by atoms with Crippen LogP contribution in [0.2, 0.25) is 0 Å². The third-order valence-electron chi connectivity index (χ3n) is 6.06. The molecule has 1 fully saturated rings. The summed E-state index contributed by atoms with van der Waals surface area (Å²) in [6.45, 7) is 2.29. The van der Waals surface area contributed by atoms with E-state index in [2.05, 4.69) is 5.32 Å². The Labute approximate surface area is 201 Å². The lowest BCUT2D eigenvalue weighted by molar-refractivity contribution is -0.153. The lowest BCUT2D eigenvalue weighted by Gasteiger charge is -2.19. The first kappa shape index (κ1) is 26.2. The normalized spacial score (nSPS) is 18.0. The molecule has 188 valence electrons. The second-order valence-electron chi connectivity index (χ2n) is 8.60. The molecule has 0 bridgehead atoms. The molecular formula is C26H28F3NO5. The maximum absolute atomic E-state index is 13.2. The van der Waals surface area contributed by atoms with Crippen molar-refractivity contribution in [3.05, 3.63) is 58.7 Å². The predicted octanol–water partition coefficient (Wildman–Crippen LogP) is 4.46. The fourth-order valence-electron chi connectivity index (χ4n) is 4.36. The molecule has 35 heavy (non-hydrogen) atoms. The number of amides is 1. The fraction of sp³-hybridized carbons (Fsp3) is 0.423. The molecule has 1 aliphatic carbocycles. The van der Waals surface area contributed by atoms with Crippen molar-refractivity contribution in [3.8, 4) is 11.5 Å². The van der Waals surface area contributed by atoms with Gasteiger partial charge < -0.3 is 14.8 Å². The minimum atomic E-state index is -4.47. The van der Waals surface area contributed by atoms with Crippen LogP contribution < -0.4 is 14.8 Å². The van der Waals surface area contributed by atoms with Gasteiger partial charge in [-0.3, -0.25) is 14.4 Å². The number of aryl methyl sites for hydroxylation is 2. The molecular weight excluding hydrogens is 463 g/mol. The number of ether oxygens (including phenoxy) is 2. The summed E-state index contributed by atoms with van der Waals surface area (Å²) >= 11 is 0. The number of nitrogens with one attached hydrogen (secondary N) is 1. The summed E-state index contributed by atoms with van der Waals surface area (Å²) in [5, 5.41) is 2.77. The average molecular weight is 492 g/mol. The average Bonchev–Trinajstić information content (AvgIpc) is 3.08. The van der Waals surface area contributed by atoms with Gasteiger partial charge in [0.15, 0.2) is 12.4 Å². The topological polar surface area (TPSA) is 81.7 Å². The number of rotatable bonds is 9. The number of hydrogen-bond donors (Lipinski definition) is 1. The summed E-state index contributed by atoms with van der Waals surface area (Å²) in [5.41, 5.74) is 2.46. The van der Waals surface area contributed by atoms with Crippen LogP contribution in [0.15, 0.2) is 36.4 Å². The Kier molecular flexibility index (Phi) is 8.19. The standard InChI is InChI=1S/C26H28F3NO5/c1-4-17-10-20(35-14-26(27,28)29)9-15(2)23(17)24-21(31)11-18(25(24)33)12-22(32)30-13-16-5-7-19(34-3)8-6-16/h5-10,18,24H,4,11-14H2,1-3H3,(H,30,32). The van der Waals surface area contributed by atoms with Gasteiger partial charge >= 0.3 is 6.18 Å². The van der Waals surface area contributed by atoms with Gasteiger partial charge in [0.05, 0.1) is 7.11 Å². The van der Waals surface area contributed by atoms with Crippen molar-refractivity contribution in [3.63, 3.8) is 0 Å². The van der Waals surface area contributed by atoms with Crippen LogP contribution in [-0.4, -0.2) is 37.4 Å². The van der Waals surface area contributed by atoms with E-state index in [9.17, 15) is 27.6 Å². The molecule has 0 saturated heterocycles. The molecule has 2 aromatic rings. The van der Waals surface area contributed by atoms with Crippen molar-refractivity contribution >= 4 is 17.5 Å². The molecule has 9 heteroatoms. The first-order valence-electron chi connectivity index (χ1n) is 11.3. The zero-order chi connectivity index (χ0) is 25.8. The third-order valence-corrected chi connectivity index (χ3v) is 6.06. The van der Waals surface area contributed by atoms with E-state index in [1.165, 1.54) is 12.1 Å². The van der Waals surface area contributed by atoms with Crippen molar-refractivity contribution in [2.24, 2.45) is 5.92 Å². The lowest BCUT2D eigenvalue weighted by atomic mass is 9.85. The van der Waals surface area contributed by atoms with Gasteiger partial charge in [-0.15, -0.1) is 0 Å². The molecule has 0 spiro atoms. The Morgan fingerprint density at radius 1 is 1.11 bits per heavy atom. The summed E-state index contributed by atoms with van der Waals surface area (Å²) in [7, 11) is 1.56. The highest BCUT2D eigenvalue weighted by Gasteiger charge is 2.44. The van der Waals surface area contributed by atoms with Gasteiger partial charge in [-0.25, -0.2) is 0 Å². The number of benzene rings is 2. The Morgan fingerprint density at radius 3 is 2.40 bits per heavy atom. The van der Waals surface area contributed by atoms with E-state index < -0.39 is 24.6 Å². The van der Waals surface area contributed by atoms with Crippen molar-refractivity contribution < 1.29 is 37.0 Å². The fourth-order valence-corrected chi connectivity index (χ4v) is 4.36. The van der Waals surface area contributed by atoms with Crippen LogP contribution >= 0.6 is 0 Å². The Hall–Kier alpha value is -3.36. The molecule has 0 radical (unpaired) electrons. The molecule has 2 unspecified atom stereocenters. The van der Waals surface area contributed by atoms with Gasteiger partial charge in [-0.2, -0.15) is 13.2 Å². The summed E-state index contributed by atoms with van der Waals surface area (Å²) < 4.78 is 47.5. The van der Waals surface area contributed by atoms with E-state index in [0.29, 0.717) is 28.9 Å². The minimum absolute atomic E-state index is 0.0350. The largest absolute Gasteiger partial charge is 0.497 e. The van der Waals surface area contributed by atoms with Crippen LogP contribution in [0.1, 0.15) is 47.9 Å². The number of carbonyl (C=O) groups excluding carboxylic acids is 3. The Balaban J connectivity index is 1.68. The quantitative estimate of drug-likeness (QED) is 0.524. The number of ketones is 2. The molecule has 3 rings (SSSR count). The summed E-state index contributed by atoms with van der Waals surface area (Å²) in [6, 6.07) is 10.0. The van der Waals surface area contributed by atoms with Crippen LogP contribution in [0.5, 0.6) is 11.5 Å². The smallest absolute Gasteiger partial charge is 0.422 e. The van der Waals surface area contributed by atoms with Gasteiger partial charge in [0, 0.05) is 25.3 Å². The molecule has 1 aliphatic rings. The second-order valence-corrected chi connectivity index (χ2v) is 8.60. The van der Waals surface area contributed by atoms with Crippen LogP contribution in [0.4, 0.5) is 13.2 Å². The Morgan fingerprint density at radius 2 is 1.80 bits per heavy atom. The SMILES string of the molecule is CCc1cc(OCC(F)(F)F)cc(C)c1C1C(=O)CC(CC(=O)NCc2ccc(OC)cc2)C1=O. The predicted molar refractivity (Wildman–Crippen MR) is 122 cm³/mol. The maximum atomic E-state index is 13.2. The van der Waals surface area contributed by atoms with Gasteiger partial charge in [0.1, 0.15) is 23.2 Å². The van der Waals surface area contributed by atoms with Crippen molar-refractivity contribution in [1.82, 2.24) is 5.32 Å². The van der Waals surface area contributed by atoms with Gasteiger partial charge in [-0.1, -0.05) is 19.1 Å². The number of alkyl halides is 3. The second kappa shape index (κ2) is 10.9. The molecule has 1 amide bonds. The van der Waals surface area contributed by atoms with Gasteiger partial charge in [0.2, 0.25) is 5.91 Å². The van der Waals surface area contributed by atoms with Crippen molar-refractivity contribution in [2.75, 3.05) is 13.7 Å². The monoisotopic (exact) mass is 491 g/mol. The van der Waals surface area contributed by atoms with Gasteiger partial charge in [-0.05, 0) is 59.9 Å². The summed E-state index contributed by atoms with van der Waals surface area (Å²) in [4.78, 5) is 38.5. The van der Waals surface area contributed by atoms with E-state index in [1.54, 1.807) is 33.1 Å². The van der Waals surface area contributed by atoms with E-state index in [1.807, 2.05) is 12.1 Å². The van der Waals surface area contributed by atoms with Crippen LogP contribution in [-0.2, 0) is 27.3 Å². The number of hydrogen-bond acceptors (Lipinski definition) is 5. The molecule has 2 aromatic carbocycles. The zero-order valence-electron chi connectivity index (χ0n) is 19.8. The number of carbonyl (C=O) groups is 3. The third kappa shape index (κ3) is 6.61. The van der Waals surface area contributed by atoms with E-state index in [4.69, 9.17) is 9.47 Å².